The standard InChI is InChI=1S/C27H25Cl2F5N4O4S/c1-13(2)36-12-20-37(43(41,42)19-6-5-14(28)9-16(19)29)11-18(35-7-3-4-8-35)27(40)38(20)17(26(36)39)10-15-21(30)23(32)25(34)24(33)22(15)31/h5-6,9,12-13,17-18H,3-4,7-8,10-11H2,1-2H3. The highest BCUT2D eigenvalue weighted by Crippen LogP contribution is 2.38. The van der Waals surface area contributed by atoms with Crippen LogP contribution in [-0.2, 0) is 26.0 Å². The summed E-state index contributed by atoms with van der Waals surface area (Å²) in [5.74, 6) is -13.1. The van der Waals surface area contributed by atoms with Crippen molar-refractivity contribution in [1.82, 2.24) is 19.0 Å². The van der Waals surface area contributed by atoms with Gasteiger partial charge in [0.2, 0.25) is 17.6 Å². The lowest BCUT2D eigenvalue weighted by molar-refractivity contribution is -0.152. The Hall–Kier alpha value is -2.94. The Morgan fingerprint density at radius 3 is 2.05 bits per heavy atom. The number of hydrogen-bond acceptors (Lipinski definition) is 5. The molecule has 2 aromatic rings. The molecule has 2 saturated heterocycles. The number of likely N-dealkylation sites (tertiary alicyclic amines) is 1. The normalized spacial score (nSPS) is 21.6. The van der Waals surface area contributed by atoms with Crippen LogP contribution in [0.4, 0.5) is 22.0 Å². The summed E-state index contributed by atoms with van der Waals surface area (Å²) in [6.45, 7) is 3.58. The van der Waals surface area contributed by atoms with E-state index in [1.165, 1.54) is 18.2 Å². The summed E-state index contributed by atoms with van der Waals surface area (Å²) in [5, 5.41) is -0.0643. The van der Waals surface area contributed by atoms with E-state index < -0.39 is 87.6 Å². The van der Waals surface area contributed by atoms with Gasteiger partial charge in [-0.25, -0.2) is 34.7 Å². The van der Waals surface area contributed by atoms with Crippen LogP contribution in [0.2, 0.25) is 10.0 Å². The van der Waals surface area contributed by atoms with Crippen molar-refractivity contribution >= 4 is 45.0 Å². The summed E-state index contributed by atoms with van der Waals surface area (Å²) in [7, 11) is -4.57. The van der Waals surface area contributed by atoms with Crippen molar-refractivity contribution in [3.63, 3.8) is 0 Å². The highest BCUT2D eigenvalue weighted by molar-refractivity contribution is 7.89. The predicted octanol–water partition coefficient (Wildman–Crippen LogP) is 4.65. The van der Waals surface area contributed by atoms with E-state index in [0.29, 0.717) is 25.9 Å². The number of amides is 2. The van der Waals surface area contributed by atoms with E-state index in [4.69, 9.17) is 23.2 Å². The molecule has 43 heavy (non-hydrogen) atoms. The maximum Gasteiger partial charge on any atom is 0.267 e. The Labute approximate surface area is 254 Å². The van der Waals surface area contributed by atoms with E-state index in [1.54, 1.807) is 18.7 Å². The first-order valence-corrected chi connectivity index (χ1v) is 15.5. The van der Waals surface area contributed by atoms with Gasteiger partial charge in [0, 0.05) is 29.2 Å². The van der Waals surface area contributed by atoms with Crippen LogP contribution in [0.5, 0.6) is 0 Å². The van der Waals surface area contributed by atoms with Gasteiger partial charge in [0.15, 0.2) is 23.3 Å². The lowest BCUT2D eigenvalue weighted by Crippen LogP contribution is -2.67. The van der Waals surface area contributed by atoms with E-state index in [1.807, 2.05) is 0 Å². The molecule has 0 aliphatic carbocycles. The van der Waals surface area contributed by atoms with Crippen LogP contribution in [0.1, 0.15) is 32.3 Å². The van der Waals surface area contributed by atoms with Crippen molar-refractivity contribution in [2.24, 2.45) is 0 Å². The molecule has 2 atom stereocenters. The third kappa shape index (κ3) is 5.25. The molecule has 0 spiro atoms. The first-order chi connectivity index (χ1) is 20.2. The van der Waals surface area contributed by atoms with Crippen LogP contribution in [0.15, 0.2) is 35.1 Å². The molecular weight excluding hydrogens is 642 g/mol. The predicted molar refractivity (Wildman–Crippen MR) is 146 cm³/mol. The SMILES string of the molecule is CC(C)N1C=C2N(C(=O)C(N3CCCC3)CN2S(=O)(=O)c2ccc(Cl)cc2Cl)C(Cc2c(F)c(F)c(F)c(F)c2F)C1=O. The van der Waals surface area contributed by atoms with Crippen molar-refractivity contribution in [3.8, 4) is 0 Å². The Balaban J connectivity index is 1.71. The molecule has 5 rings (SSSR count). The van der Waals surface area contributed by atoms with Crippen LogP contribution in [0.25, 0.3) is 0 Å². The van der Waals surface area contributed by atoms with Gasteiger partial charge < -0.3 is 4.90 Å². The van der Waals surface area contributed by atoms with E-state index in [9.17, 15) is 40.0 Å². The number of halogens is 7. The molecule has 2 amide bonds. The Bertz CT molecular complexity index is 1620. The molecule has 2 unspecified atom stereocenters. The summed E-state index contributed by atoms with van der Waals surface area (Å²) in [6.07, 6.45) is 1.41. The van der Waals surface area contributed by atoms with Crippen molar-refractivity contribution in [2.45, 2.75) is 56.1 Å². The molecule has 3 aliphatic rings. The molecule has 2 fully saturated rings. The second-order valence-corrected chi connectivity index (χ2v) is 13.3. The van der Waals surface area contributed by atoms with E-state index in [0.717, 1.165) is 20.3 Å². The average Bonchev–Trinajstić information content (AvgIpc) is 3.48. The highest BCUT2D eigenvalue weighted by Gasteiger charge is 2.52. The molecule has 0 aromatic heterocycles. The number of sulfonamides is 1. The fourth-order valence-corrected chi connectivity index (χ4v) is 7.79. The largest absolute Gasteiger partial charge is 0.311 e. The second-order valence-electron chi connectivity index (χ2n) is 10.7. The number of carbonyl (C=O) groups excluding carboxylic acids is 2. The maximum atomic E-state index is 14.8. The minimum absolute atomic E-state index is 0.158. The molecule has 232 valence electrons. The number of rotatable bonds is 6. The zero-order chi connectivity index (χ0) is 31.5. The first kappa shape index (κ1) is 31.5. The lowest BCUT2D eigenvalue weighted by Gasteiger charge is -2.50. The number of nitrogens with zero attached hydrogens (tertiary/aromatic N) is 4. The van der Waals surface area contributed by atoms with Gasteiger partial charge in [-0.1, -0.05) is 23.2 Å². The molecule has 0 bridgehead atoms. The third-order valence-corrected chi connectivity index (χ3v) is 10.3. The van der Waals surface area contributed by atoms with Crippen molar-refractivity contribution in [3.05, 3.63) is 74.9 Å². The minimum Gasteiger partial charge on any atom is -0.311 e. The summed E-state index contributed by atoms with van der Waals surface area (Å²) in [5.41, 5.74) is -1.31. The maximum absolute atomic E-state index is 14.8. The quantitative estimate of drug-likeness (QED) is 0.255. The topological polar surface area (TPSA) is 81.2 Å². The molecule has 0 N–H and O–H groups in total. The summed E-state index contributed by atoms with van der Waals surface area (Å²) in [6, 6.07) is 0.0514. The number of fused-ring (bicyclic) bond motifs is 1. The van der Waals surface area contributed by atoms with Gasteiger partial charge in [-0.05, 0) is 58.0 Å². The fraction of sp³-hybridized carbons (Fsp3) is 0.407. The van der Waals surface area contributed by atoms with Crippen LogP contribution < -0.4 is 0 Å². The average molecular weight is 667 g/mol. The summed E-state index contributed by atoms with van der Waals surface area (Å²) in [4.78, 5) is 31.0. The fourth-order valence-electron chi connectivity index (χ4n) is 5.59. The zero-order valence-corrected chi connectivity index (χ0v) is 25.1. The Morgan fingerprint density at radius 1 is 0.907 bits per heavy atom. The van der Waals surface area contributed by atoms with Gasteiger partial charge in [0.25, 0.3) is 10.0 Å². The highest BCUT2D eigenvalue weighted by atomic mass is 35.5. The van der Waals surface area contributed by atoms with Gasteiger partial charge in [-0.15, -0.1) is 0 Å². The molecule has 16 heteroatoms. The Morgan fingerprint density at radius 2 is 1.49 bits per heavy atom. The molecule has 0 radical (unpaired) electrons. The van der Waals surface area contributed by atoms with Crippen molar-refractivity contribution in [2.75, 3.05) is 19.6 Å². The first-order valence-electron chi connectivity index (χ1n) is 13.3. The number of benzene rings is 2. The molecule has 0 saturated carbocycles. The van der Waals surface area contributed by atoms with Gasteiger partial charge in [-0.3, -0.25) is 19.4 Å². The minimum atomic E-state index is -4.57. The molecule has 8 nitrogen and oxygen atoms in total. The molecular formula is C27H25Cl2F5N4O4S. The van der Waals surface area contributed by atoms with Crippen molar-refractivity contribution < 1.29 is 40.0 Å². The zero-order valence-electron chi connectivity index (χ0n) is 22.8. The summed E-state index contributed by atoms with van der Waals surface area (Å²) < 4.78 is 101. The third-order valence-electron chi connectivity index (χ3n) is 7.77. The molecule has 2 aromatic carbocycles. The van der Waals surface area contributed by atoms with Crippen LogP contribution in [-0.4, -0.2) is 77.0 Å². The van der Waals surface area contributed by atoms with Crippen LogP contribution in [0.3, 0.4) is 0 Å². The lowest BCUT2D eigenvalue weighted by atomic mass is 9.97. The van der Waals surface area contributed by atoms with Crippen LogP contribution >= 0.6 is 23.2 Å². The van der Waals surface area contributed by atoms with Gasteiger partial charge >= 0.3 is 0 Å². The van der Waals surface area contributed by atoms with E-state index in [2.05, 4.69) is 0 Å². The monoisotopic (exact) mass is 666 g/mol. The van der Waals surface area contributed by atoms with Gasteiger partial charge in [0.05, 0.1) is 11.6 Å². The Kier molecular flexibility index (Phi) is 8.44. The summed E-state index contributed by atoms with van der Waals surface area (Å²) >= 11 is 12.2. The van der Waals surface area contributed by atoms with Gasteiger partial charge in [0.1, 0.15) is 22.8 Å². The molecule has 3 aliphatic heterocycles. The van der Waals surface area contributed by atoms with E-state index in [-0.39, 0.29) is 20.8 Å². The van der Waals surface area contributed by atoms with Crippen molar-refractivity contribution in [1.29, 1.82) is 0 Å². The smallest absolute Gasteiger partial charge is 0.267 e. The number of hydrogen-bond donors (Lipinski definition) is 0. The van der Waals surface area contributed by atoms with Gasteiger partial charge in [-0.2, -0.15) is 0 Å². The molecule has 3 heterocycles. The van der Waals surface area contributed by atoms with Crippen LogP contribution in [0, 0.1) is 29.1 Å². The van der Waals surface area contributed by atoms with E-state index >= 15 is 0 Å². The number of carbonyl (C=O) groups is 2. The second kappa shape index (κ2) is 11.5.